The van der Waals surface area contributed by atoms with E-state index in [4.69, 9.17) is 0 Å². The van der Waals surface area contributed by atoms with Crippen molar-refractivity contribution >= 4 is 0 Å². The molecule has 2 rings (SSSR count). The van der Waals surface area contributed by atoms with Crippen LogP contribution in [0.5, 0.6) is 0 Å². The fourth-order valence-electron chi connectivity index (χ4n) is 2.16. The third-order valence-electron chi connectivity index (χ3n) is 3.36. The average molecular weight is 257 g/mol. The first-order valence-electron chi connectivity index (χ1n) is 6.80. The lowest BCUT2D eigenvalue weighted by Gasteiger charge is -2.17. The molecule has 0 heterocycles. The zero-order valence-corrected chi connectivity index (χ0v) is 11.3. The Morgan fingerprint density at radius 1 is 1.00 bits per heavy atom. The van der Waals surface area contributed by atoms with Crippen LogP contribution in [0, 0.1) is 5.82 Å². The van der Waals surface area contributed by atoms with Gasteiger partial charge in [0, 0.05) is 18.2 Å². The quantitative estimate of drug-likeness (QED) is 0.826. The Labute approximate surface area is 114 Å². The molecule has 1 atom stereocenters. The highest BCUT2D eigenvalue weighted by atomic mass is 19.1. The Hall–Kier alpha value is -1.67. The first-order chi connectivity index (χ1) is 9.29. The molecule has 0 fully saturated rings. The lowest BCUT2D eigenvalue weighted by atomic mass is 10.0. The van der Waals surface area contributed by atoms with Gasteiger partial charge >= 0.3 is 0 Å². The van der Waals surface area contributed by atoms with Crippen molar-refractivity contribution < 1.29 is 4.39 Å². The van der Waals surface area contributed by atoms with Crippen LogP contribution < -0.4 is 5.32 Å². The SMILES string of the molecule is CCC(Cc1ccccc1)NCc1ccccc1F. The highest BCUT2D eigenvalue weighted by Gasteiger charge is 2.08. The third kappa shape index (κ3) is 4.18. The Balaban J connectivity index is 1.91. The molecule has 0 saturated carbocycles. The number of hydrogen-bond acceptors (Lipinski definition) is 1. The maximum Gasteiger partial charge on any atom is 0.127 e. The van der Waals surface area contributed by atoms with Crippen molar-refractivity contribution in [1.82, 2.24) is 5.32 Å². The smallest absolute Gasteiger partial charge is 0.127 e. The van der Waals surface area contributed by atoms with E-state index in [2.05, 4.69) is 36.5 Å². The molecule has 2 aromatic rings. The lowest BCUT2D eigenvalue weighted by Crippen LogP contribution is -2.30. The summed E-state index contributed by atoms with van der Waals surface area (Å²) in [5.41, 5.74) is 2.05. The van der Waals surface area contributed by atoms with Gasteiger partial charge in [0.25, 0.3) is 0 Å². The molecule has 1 nitrogen and oxygen atoms in total. The van der Waals surface area contributed by atoms with Gasteiger partial charge in [0.1, 0.15) is 5.82 Å². The highest BCUT2D eigenvalue weighted by Crippen LogP contribution is 2.09. The van der Waals surface area contributed by atoms with E-state index in [1.165, 1.54) is 11.6 Å². The molecule has 0 aromatic heterocycles. The standard InChI is InChI=1S/C17H20FN/c1-2-16(12-14-8-4-3-5-9-14)19-13-15-10-6-7-11-17(15)18/h3-11,16,19H,2,12-13H2,1H3. The maximum absolute atomic E-state index is 13.5. The van der Waals surface area contributed by atoms with Gasteiger partial charge in [-0.15, -0.1) is 0 Å². The zero-order chi connectivity index (χ0) is 13.5. The zero-order valence-electron chi connectivity index (χ0n) is 11.3. The molecule has 0 spiro atoms. The molecule has 0 radical (unpaired) electrons. The largest absolute Gasteiger partial charge is 0.309 e. The van der Waals surface area contributed by atoms with Crippen LogP contribution in [0.25, 0.3) is 0 Å². The van der Waals surface area contributed by atoms with Crippen molar-refractivity contribution in [1.29, 1.82) is 0 Å². The molecule has 0 saturated heterocycles. The van der Waals surface area contributed by atoms with E-state index in [1.807, 2.05) is 18.2 Å². The summed E-state index contributed by atoms with van der Waals surface area (Å²) < 4.78 is 13.5. The lowest BCUT2D eigenvalue weighted by molar-refractivity contribution is 0.484. The molecular weight excluding hydrogens is 237 g/mol. The molecule has 0 aliphatic heterocycles. The average Bonchev–Trinajstić information content (AvgIpc) is 2.46. The van der Waals surface area contributed by atoms with E-state index < -0.39 is 0 Å². The molecule has 0 aliphatic carbocycles. The van der Waals surface area contributed by atoms with E-state index >= 15 is 0 Å². The molecule has 0 bridgehead atoms. The monoisotopic (exact) mass is 257 g/mol. The molecule has 1 unspecified atom stereocenters. The predicted octanol–water partition coefficient (Wildman–Crippen LogP) is 3.94. The first-order valence-corrected chi connectivity index (χ1v) is 6.80. The fourth-order valence-corrected chi connectivity index (χ4v) is 2.16. The Morgan fingerprint density at radius 2 is 1.68 bits per heavy atom. The van der Waals surface area contributed by atoms with Crippen LogP contribution in [0.15, 0.2) is 54.6 Å². The van der Waals surface area contributed by atoms with Crippen molar-refractivity contribution in [3.63, 3.8) is 0 Å². The topological polar surface area (TPSA) is 12.0 Å². The number of nitrogens with one attached hydrogen (secondary N) is 1. The van der Waals surface area contributed by atoms with E-state index in [1.54, 1.807) is 6.07 Å². The van der Waals surface area contributed by atoms with Crippen LogP contribution in [-0.2, 0) is 13.0 Å². The number of hydrogen-bond donors (Lipinski definition) is 1. The Bertz CT molecular complexity index is 496. The van der Waals surface area contributed by atoms with Crippen LogP contribution in [-0.4, -0.2) is 6.04 Å². The summed E-state index contributed by atoms with van der Waals surface area (Å²) in [4.78, 5) is 0. The van der Waals surface area contributed by atoms with Gasteiger partial charge in [-0.3, -0.25) is 0 Å². The van der Waals surface area contributed by atoms with Crippen LogP contribution >= 0.6 is 0 Å². The summed E-state index contributed by atoms with van der Waals surface area (Å²) in [5.74, 6) is -0.135. The van der Waals surface area contributed by atoms with Crippen LogP contribution in [0.2, 0.25) is 0 Å². The second-order valence-electron chi connectivity index (χ2n) is 4.77. The second kappa shape index (κ2) is 7.05. The van der Waals surface area contributed by atoms with Crippen molar-refractivity contribution in [3.8, 4) is 0 Å². The molecular formula is C17H20FN. The molecule has 19 heavy (non-hydrogen) atoms. The molecule has 2 heteroatoms. The summed E-state index contributed by atoms with van der Waals surface area (Å²) in [5, 5.41) is 3.44. The van der Waals surface area contributed by atoms with Crippen molar-refractivity contribution in [2.75, 3.05) is 0 Å². The number of benzene rings is 2. The van der Waals surface area contributed by atoms with Gasteiger partial charge in [0.2, 0.25) is 0 Å². The van der Waals surface area contributed by atoms with E-state index in [-0.39, 0.29) is 5.82 Å². The first kappa shape index (κ1) is 13.8. The van der Waals surface area contributed by atoms with E-state index in [0.29, 0.717) is 12.6 Å². The Morgan fingerprint density at radius 3 is 2.37 bits per heavy atom. The van der Waals surface area contributed by atoms with Crippen LogP contribution in [0.4, 0.5) is 4.39 Å². The molecule has 100 valence electrons. The molecule has 2 aromatic carbocycles. The third-order valence-corrected chi connectivity index (χ3v) is 3.36. The van der Waals surface area contributed by atoms with Crippen LogP contribution in [0.1, 0.15) is 24.5 Å². The van der Waals surface area contributed by atoms with Gasteiger partial charge in [0.05, 0.1) is 0 Å². The van der Waals surface area contributed by atoms with Gasteiger partial charge < -0.3 is 5.32 Å². The fraction of sp³-hybridized carbons (Fsp3) is 0.294. The van der Waals surface area contributed by atoms with Gasteiger partial charge in [-0.2, -0.15) is 0 Å². The summed E-state index contributed by atoms with van der Waals surface area (Å²) in [6.45, 7) is 2.74. The minimum atomic E-state index is -0.135. The van der Waals surface area contributed by atoms with Gasteiger partial charge in [-0.25, -0.2) is 4.39 Å². The summed E-state index contributed by atoms with van der Waals surface area (Å²) in [7, 11) is 0. The normalized spacial score (nSPS) is 12.3. The number of halogens is 1. The van der Waals surface area contributed by atoms with E-state index in [0.717, 1.165) is 18.4 Å². The molecule has 1 N–H and O–H groups in total. The van der Waals surface area contributed by atoms with Crippen LogP contribution in [0.3, 0.4) is 0 Å². The molecule has 0 amide bonds. The highest BCUT2D eigenvalue weighted by molar-refractivity contribution is 5.18. The summed E-state index contributed by atoms with van der Waals surface area (Å²) >= 11 is 0. The van der Waals surface area contributed by atoms with Gasteiger partial charge in [-0.1, -0.05) is 55.5 Å². The summed E-state index contributed by atoms with van der Waals surface area (Å²) in [6.07, 6.45) is 2.01. The summed E-state index contributed by atoms with van der Waals surface area (Å²) in [6, 6.07) is 17.7. The van der Waals surface area contributed by atoms with Gasteiger partial charge in [-0.05, 0) is 24.5 Å². The maximum atomic E-state index is 13.5. The Kier molecular flexibility index (Phi) is 5.10. The molecule has 0 aliphatic rings. The number of rotatable bonds is 6. The second-order valence-corrected chi connectivity index (χ2v) is 4.77. The minimum absolute atomic E-state index is 0.135. The predicted molar refractivity (Wildman–Crippen MR) is 77.5 cm³/mol. The van der Waals surface area contributed by atoms with Crippen molar-refractivity contribution in [2.45, 2.75) is 32.4 Å². The van der Waals surface area contributed by atoms with Gasteiger partial charge in [0.15, 0.2) is 0 Å². The minimum Gasteiger partial charge on any atom is -0.309 e. The van der Waals surface area contributed by atoms with Crippen molar-refractivity contribution in [2.24, 2.45) is 0 Å². The van der Waals surface area contributed by atoms with Crippen molar-refractivity contribution in [3.05, 3.63) is 71.5 Å². The van der Waals surface area contributed by atoms with E-state index in [9.17, 15) is 4.39 Å².